The molecule has 1 aromatic carbocycles. The van der Waals surface area contributed by atoms with E-state index in [0.717, 1.165) is 17.7 Å². The Morgan fingerprint density at radius 3 is 2.57 bits per heavy atom. The second-order valence-electron chi connectivity index (χ2n) is 6.84. The zero-order valence-electron chi connectivity index (χ0n) is 16.4. The van der Waals surface area contributed by atoms with Crippen LogP contribution in [0.1, 0.15) is 59.3 Å². The van der Waals surface area contributed by atoms with Crippen molar-refractivity contribution < 1.29 is 14.3 Å². The molecule has 2 aromatic rings. The summed E-state index contributed by atoms with van der Waals surface area (Å²) in [7, 11) is 0. The van der Waals surface area contributed by atoms with Gasteiger partial charge in [-0.15, -0.1) is 23.1 Å². The highest BCUT2D eigenvalue weighted by Crippen LogP contribution is 2.44. The Balaban J connectivity index is 1.81. The minimum atomic E-state index is -0.547. The van der Waals surface area contributed by atoms with Crippen LogP contribution in [0.25, 0.3) is 0 Å². The molecule has 6 heteroatoms. The maximum absolute atomic E-state index is 13.4. The third-order valence-corrected chi connectivity index (χ3v) is 7.23. The predicted octanol–water partition coefficient (Wildman–Crippen LogP) is 5.30. The van der Waals surface area contributed by atoms with E-state index in [4.69, 9.17) is 4.74 Å². The normalized spacial score (nSPS) is 19.0. The molecule has 1 aliphatic rings. The van der Waals surface area contributed by atoms with Gasteiger partial charge in [0.2, 0.25) is 0 Å². The smallest absolute Gasteiger partial charge is 0.329 e. The fourth-order valence-electron chi connectivity index (χ4n) is 3.37. The number of ether oxygens (including phenoxy) is 1. The molecule has 1 fully saturated rings. The molecule has 1 aliphatic heterocycles. The quantitative estimate of drug-likeness (QED) is 0.432. The van der Waals surface area contributed by atoms with E-state index in [-0.39, 0.29) is 17.3 Å². The zero-order valence-corrected chi connectivity index (χ0v) is 18.1. The summed E-state index contributed by atoms with van der Waals surface area (Å²) < 4.78 is 5.24. The lowest BCUT2D eigenvalue weighted by Gasteiger charge is -2.28. The van der Waals surface area contributed by atoms with E-state index in [0.29, 0.717) is 17.9 Å². The first-order chi connectivity index (χ1) is 13.7. The summed E-state index contributed by atoms with van der Waals surface area (Å²) >= 11 is 3.24. The summed E-state index contributed by atoms with van der Waals surface area (Å²) in [6, 6.07) is 11.3. The number of esters is 1. The molecule has 150 valence electrons. The highest BCUT2D eigenvalue weighted by Gasteiger charge is 2.43. The Morgan fingerprint density at radius 2 is 1.93 bits per heavy atom. The molecule has 3 rings (SSSR count). The predicted molar refractivity (Wildman–Crippen MR) is 116 cm³/mol. The summed E-state index contributed by atoms with van der Waals surface area (Å²) in [6.07, 6.45) is 4.61. The third kappa shape index (κ3) is 4.78. The van der Waals surface area contributed by atoms with E-state index in [1.54, 1.807) is 34.9 Å². The van der Waals surface area contributed by atoms with Crippen LogP contribution in [0.3, 0.4) is 0 Å². The molecule has 2 heterocycles. The molecule has 2 atom stereocenters. The SMILES string of the molecule is CCCCCc1ccc(C(=O)N2C(C(=O)OCC)CSC2c2cccs2)cc1. The van der Waals surface area contributed by atoms with Crippen LogP contribution < -0.4 is 0 Å². The first-order valence-corrected chi connectivity index (χ1v) is 11.8. The molecule has 0 N–H and O–H groups in total. The van der Waals surface area contributed by atoms with Crippen LogP contribution in [-0.4, -0.2) is 35.2 Å². The lowest BCUT2D eigenvalue weighted by Crippen LogP contribution is -2.43. The van der Waals surface area contributed by atoms with Gasteiger partial charge in [-0.25, -0.2) is 4.79 Å². The Bertz CT molecular complexity index is 774. The minimum Gasteiger partial charge on any atom is -0.464 e. The minimum absolute atomic E-state index is 0.110. The summed E-state index contributed by atoms with van der Waals surface area (Å²) in [5.41, 5.74) is 1.87. The first-order valence-electron chi connectivity index (χ1n) is 9.89. The lowest BCUT2D eigenvalue weighted by atomic mass is 10.0. The molecule has 0 radical (unpaired) electrons. The Kier molecular flexibility index (Phi) is 7.57. The van der Waals surface area contributed by atoms with Crippen LogP contribution in [-0.2, 0) is 16.0 Å². The van der Waals surface area contributed by atoms with Gasteiger partial charge < -0.3 is 9.64 Å². The number of rotatable bonds is 8. The van der Waals surface area contributed by atoms with E-state index in [1.807, 2.05) is 41.8 Å². The van der Waals surface area contributed by atoms with Crippen molar-refractivity contribution in [3.63, 3.8) is 0 Å². The number of nitrogens with zero attached hydrogens (tertiary/aromatic N) is 1. The third-order valence-electron chi connectivity index (χ3n) is 4.85. The van der Waals surface area contributed by atoms with E-state index in [9.17, 15) is 9.59 Å². The van der Waals surface area contributed by atoms with Gasteiger partial charge in [0.15, 0.2) is 0 Å². The van der Waals surface area contributed by atoms with E-state index in [2.05, 4.69) is 6.92 Å². The van der Waals surface area contributed by atoms with Gasteiger partial charge in [-0.1, -0.05) is 38.0 Å². The molecule has 1 saturated heterocycles. The largest absolute Gasteiger partial charge is 0.464 e. The van der Waals surface area contributed by atoms with Crippen molar-refractivity contribution in [2.75, 3.05) is 12.4 Å². The summed E-state index contributed by atoms with van der Waals surface area (Å²) in [5.74, 6) is 0.127. The molecular formula is C22H27NO3S2. The van der Waals surface area contributed by atoms with E-state index >= 15 is 0 Å². The standard InChI is InChI=1S/C22H27NO3S2/c1-3-5-6-8-16-10-12-17(13-11-16)20(24)23-18(22(25)26-4-2)15-28-21(23)19-9-7-14-27-19/h7,9-14,18,21H,3-6,8,15H2,1-2H3. The molecule has 1 amide bonds. The average Bonchev–Trinajstić information content (AvgIpc) is 3.38. The molecule has 2 unspecified atom stereocenters. The van der Waals surface area contributed by atoms with Gasteiger partial charge in [0.1, 0.15) is 11.4 Å². The zero-order chi connectivity index (χ0) is 19.9. The second kappa shape index (κ2) is 10.1. The molecule has 4 nitrogen and oxygen atoms in total. The van der Waals surface area contributed by atoms with Crippen LogP contribution in [0.2, 0.25) is 0 Å². The van der Waals surface area contributed by atoms with Crippen molar-refractivity contribution in [2.45, 2.75) is 50.9 Å². The summed E-state index contributed by atoms with van der Waals surface area (Å²) in [5, 5.41) is 1.85. The number of carbonyl (C=O) groups excluding carboxylic acids is 2. The van der Waals surface area contributed by atoms with Gasteiger partial charge >= 0.3 is 5.97 Å². The first kappa shape index (κ1) is 20.9. The molecule has 1 aromatic heterocycles. The number of amides is 1. The second-order valence-corrected chi connectivity index (χ2v) is 8.93. The molecule has 0 aliphatic carbocycles. The molecule has 0 saturated carbocycles. The van der Waals surface area contributed by atoms with E-state index < -0.39 is 6.04 Å². The van der Waals surface area contributed by atoms with Crippen molar-refractivity contribution in [1.29, 1.82) is 0 Å². The number of unbranched alkanes of at least 4 members (excludes halogenated alkanes) is 2. The number of carbonyl (C=O) groups is 2. The maximum Gasteiger partial charge on any atom is 0.329 e. The Morgan fingerprint density at radius 1 is 1.14 bits per heavy atom. The van der Waals surface area contributed by atoms with Gasteiger partial charge in [0.05, 0.1) is 6.61 Å². The van der Waals surface area contributed by atoms with Crippen LogP contribution in [0, 0.1) is 0 Å². The van der Waals surface area contributed by atoms with Crippen molar-refractivity contribution in [1.82, 2.24) is 4.90 Å². The van der Waals surface area contributed by atoms with Crippen molar-refractivity contribution >= 4 is 35.0 Å². The Labute approximate surface area is 175 Å². The number of thioether (sulfide) groups is 1. The summed E-state index contributed by atoms with van der Waals surface area (Å²) in [4.78, 5) is 28.6. The van der Waals surface area contributed by atoms with Crippen molar-refractivity contribution in [3.8, 4) is 0 Å². The van der Waals surface area contributed by atoms with Gasteiger partial charge in [-0.2, -0.15) is 0 Å². The number of hydrogen-bond acceptors (Lipinski definition) is 5. The monoisotopic (exact) mass is 417 g/mol. The number of aryl methyl sites for hydroxylation is 1. The summed E-state index contributed by atoms with van der Waals surface area (Å²) in [6.45, 7) is 4.30. The molecular weight excluding hydrogens is 390 g/mol. The van der Waals surface area contributed by atoms with Crippen LogP contribution in [0.4, 0.5) is 0 Å². The molecule has 0 bridgehead atoms. The van der Waals surface area contributed by atoms with Crippen LogP contribution in [0.5, 0.6) is 0 Å². The van der Waals surface area contributed by atoms with Crippen molar-refractivity contribution in [2.24, 2.45) is 0 Å². The fraction of sp³-hybridized carbons (Fsp3) is 0.455. The fourth-order valence-corrected chi connectivity index (χ4v) is 5.75. The lowest BCUT2D eigenvalue weighted by molar-refractivity contribution is -0.147. The van der Waals surface area contributed by atoms with Crippen LogP contribution in [0.15, 0.2) is 41.8 Å². The van der Waals surface area contributed by atoms with Gasteiger partial charge in [0.25, 0.3) is 5.91 Å². The van der Waals surface area contributed by atoms with E-state index in [1.165, 1.54) is 18.4 Å². The molecule has 0 spiro atoms. The van der Waals surface area contributed by atoms with Gasteiger partial charge in [-0.3, -0.25) is 4.79 Å². The average molecular weight is 418 g/mol. The highest BCUT2D eigenvalue weighted by molar-refractivity contribution is 7.99. The molecule has 28 heavy (non-hydrogen) atoms. The number of thiophene rings is 1. The maximum atomic E-state index is 13.4. The highest BCUT2D eigenvalue weighted by atomic mass is 32.2. The van der Waals surface area contributed by atoms with Crippen molar-refractivity contribution in [3.05, 3.63) is 57.8 Å². The Hall–Kier alpha value is -1.79. The van der Waals surface area contributed by atoms with Crippen LogP contribution >= 0.6 is 23.1 Å². The topological polar surface area (TPSA) is 46.6 Å². The van der Waals surface area contributed by atoms with Gasteiger partial charge in [0, 0.05) is 16.2 Å². The number of hydrogen-bond donors (Lipinski definition) is 0. The van der Waals surface area contributed by atoms with Gasteiger partial charge in [-0.05, 0) is 48.9 Å². The number of benzene rings is 1.